The van der Waals surface area contributed by atoms with E-state index in [1.54, 1.807) is 0 Å². The summed E-state index contributed by atoms with van der Waals surface area (Å²) in [6, 6.07) is 16.3. The van der Waals surface area contributed by atoms with E-state index in [0.717, 1.165) is 22.8 Å². The van der Waals surface area contributed by atoms with Crippen LogP contribution in [0.4, 0.5) is 11.4 Å². The van der Waals surface area contributed by atoms with E-state index in [9.17, 15) is 0 Å². The van der Waals surface area contributed by atoms with Crippen LogP contribution in [0, 0.1) is 5.41 Å². The maximum Gasteiger partial charge on any atom is 0.0828 e. The maximum atomic E-state index is 6.18. The van der Waals surface area contributed by atoms with Crippen LogP contribution < -0.4 is 10.7 Å². The van der Waals surface area contributed by atoms with Gasteiger partial charge < -0.3 is 5.73 Å². The number of nitrogens with zero attached hydrogens (tertiary/aromatic N) is 2. The van der Waals surface area contributed by atoms with Gasteiger partial charge in [0.25, 0.3) is 0 Å². The third-order valence-electron chi connectivity index (χ3n) is 5.00. The fraction of sp³-hybridized carbons (Fsp3) is 0.316. The number of nitrogen functional groups attached to an aromatic ring is 1. The fourth-order valence-corrected chi connectivity index (χ4v) is 3.37. The van der Waals surface area contributed by atoms with Crippen LogP contribution in [0.15, 0.2) is 53.6 Å². The minimum atomic E-state index is 0.210. The molecule has 1 aliphatic carbocycles. The van der Waals surface area contributed by atoms with E-state index in [-0.39, 0.29) is 6.04 Å². The van der Waals surface area contributed by atoms with Crippen molar-refractivity contribution in [1.29, 1.82) is 0 Å². The van der Waals surface area contributed by atoms with Gasteiger partial charge in [-0.05, 0) is 48.7 Å². The van der Waals surface area contributed by atoms with E-state index in [4.69, 9.17) is 22.4 Å². The number of halogens is 1. The molecule has 1 fully saturated rings. The molecule has 1 unspecified atom stereocenters. The molecule has 2 aromatic carbocycles. The van der Waals surface area contributed by atoms with Crippen molar-refractivity contribution < 1.29 is 0 Å². The molecule has 1 atom stereocenters. The third-order valence-corrected chi connectivity index (χ3v) is 5.24. The number of hydrogen-bond acceptors (Lipinski definition) is 3. The zero-order chi connectivity index (χ0) is 16.0. The van der Waals surface area contributed by atoms with Crippen molar-refractivity contribution in [1.82, 2.24) is 0 Å². The maximum absolute atomic E-state index is 6.18. The standard InChI is InChI=1S/C19H20ClN3/c1-19(9-10-19)18-12-17(13-5-7-15(21)8-6-13)23(22-18)16-4-2-3-14(20)11-16/h2-8,11,17H,9-10,12,21H2,1H3. The van der Waals surface area contributed by atoms with Crippen molar-refractivity contribution in [2.24, 2.45) is 10.5 Å². The molecule has 0 radical (unpaired) electrons. The van der Waals surface area contributed by atoms with Gasteiger partial charge in [0.2, 0.25) is 0 Å². The van der Waals surface area contributed by atoms with Crippen LogP contribution in [0.1, 0.15) is 37.8 Å². The summed E-state index contributed by atoms with van der Waals surface area (Å²) in [7, 11) is 0. The first-order valence-corrected chi connectivity index (χ1v) is 8.41. The zero-order valence-corrected chi connectivity index (χ0v) is 13.9. The average Bonchev–Trinajstić information content (AvgIpc) is 3.13. The molecule has 4 rings (SSSR count). The van der Waals surface area contributed by atoms with Gasteiger partial charge in [-0.3, -0.25) is 5.01 Å². The normalized spacial score (nSPS) is 22.1. The summed E-state index contributed by atoms with van der Waals surface area (Å²) < 4.78 is 0. The molecule has 2 aromatic rings. The van der Waals surface area contributed by atoms with Crippen LogP contribution in [-0.4, -0.2) is 5.71 Å². The molecule has 0 aromatic heterocycles. The molecular weight excluding hydrogens is 306 g/mol. The van der Waals surface area contributed by atoms with E-state index in [1.807, 2.05) is 30.3 Å². The van der Waals surface area contributed by atoms with Crippen molar-refractivity contribution in [2.45, 2.75) is 32.2 Å². The largest absolute Gasteiger partial charge is 0.399 e. The zero-order valence-electron chi connectivity index (χ0n) is 13.2. The van der Waals surface area contributed by atoms with Crippen molar-refractivity contribution >= 4 is 28.7 Å². The molecule has 0 amide bonds. The van der Waals surface area contributed by atoms with Crippen molar-refractivity contribution in [2.75, 3.05) is 10.7 Å². The van der Waals surface area contributed by atoms with Gasteiger partial charge in [-0.15, -0.1) is 0 Å². The highest BCUT2D eigenvalue weighted by Crippen LogP contribution is 2.51. The second-order valence-electron chi connectivity index (χ2n) is 6.82. The SMILES string of the molecule is CC1(C2=NN(c3cccc(Cl)c3)C(c3ccc(N)cc3)C2)CC1. The number of rotatable bonds is 3. The molecule has 0 bridgehead atoms. The Balaban J connectivity index is 1.73. The number of hydrogen-bond donors (Lipinski definition) is 1. The minimum Gasteiger partial charge on any atom is -0.399 e. The van der Waals surface area contributed by atoms with Gasteiger partial charge in [-0.2, -0.15) is 5.10 Å². The molecular formula is C19H20ClN3. The fourth-order valence-electron chi connectivity index (χ4n) is 3.19. The highest BCUT2D eigenvalue weighted by Gasteiger charge is 2.46. The molecule has 2 aliphatic rings. The molecule has 1 saturated carbocycles. The minimum absolute atomic E-state index is 0.210. The molecule has 4 heteroatoms. The number of anilines is 2. The topological polar surface area (TPSA) is 41.6 Å². The Morgan fingerprint density at radius 1 is 1.17 bits per heavy atom. The van der Waals surface area contributed by atoms with E-state index in [0.29, 0.717) is 5.41 Å². The summed E-state index contributed by atoms with van der Waals surface area (Å²) >= 11 is 6.18. The van der Waals surface area contributed by atoms with Crippen molar-refractivity contribution in [3.05, 3.63) is 59.1 Å². The van der Waals surface area contributed by atoms with Crippen LogP contribution in [0.25, 0.3) is 0 Å². The Bertz CT molecular complexity index is 762. The lowest BCUT2D eigenvalue weighted by Gasteiger charge is -2.24. The predicted octanol–water partition coefficient (Wildman–Crippen LogP) is 5.03. The van der Waals surface area contributed by atoms with E-state index in [1.165, 1.54) is 24.1 Å². The lowest BCUT2D eigenvalue weighted by Crippen LogP contribution is -2.18. The molecule has 0 spiro atoms. The van der Waals surface area contributed by atoms with Crippen LogP contribution in [0.2, 0.25) is 5.02 Å². The second-order valence-corrected chi connectivity index (χ2v) is 7.25. The monoisotopic (exact) mass is 325 g/mol. The van der Waals surface area contributed by atoms with Gasteiger partial charge in [-0.1, -0.05) is 36.7 Å². The summed E-state index contributed by atoms with van der Waals surface area (Å²) in [6.45, 7) is 2.31. The Labute approximate surface area is 141 Å². The molecule has 3 nitrogen and oxygen atoms in total. The molecule has 118 valence electrons. The summed E-state index contributed by atoms with van der Waals surface area (Å²) in [6.07, 6.45) is 3.44. The van der Waals surface area contributed by atoms with Crippen LogP contribution >= 0.6 is 11.6 Å². The Morgan fingerprint density at radius 3 is 2.57 bits per heavy atom. The Morgan fingerprint density at radius 2 is 1.91 bits per heavy atom. The average molecular weight is 326 g/mol. The second kappa shape index (κ2) is 5.27. The van der Waals surface area contributed by atoms with E-state index >= 15 is 0 Å². The third kappa shape index (κ3) is 2.70. The van der Waals surface area contributed by atoms with Crippen molar-refractivity contribution in [3.8, 4) is 0 Å². The smallest absolute Gasteiger partial charge is 0.0828 e. The van der Waals surface area contributed by atoms with E-state index in [2.05, 4.69) is 30.1 Å². The summed E-state index contributed by atoms with van der Waals surface area (Å²) in [5.74, 6) is 0. The molecule has 23 heavy (non-hydrogen) atoms. The van der Waals surface area contributed by atoms with Gasteiger partial charge in [0.1, 0.15) is 0 Å². The number of benzene rings is 2. The lowest BCUT2D eigenvalue weighted by molar-refractivity contribution is 0.701. The molecule has 1 aliphatic heterocycles. The summed E-state index contributed by atoms with van der Waals surface area (Å²) in [5.41, 5.74) is 10.5. The summed E-state index contributed by atoms with van der Waals surface area (Å²) in [4.78, 5) is 0. The van der Waals surface area contributed by atoms with Gasteiger partial charge in [0.15, 0.2) is 0 Å². The van der Waals surface area contributed by atoms with Crippen LogP contribution in [0.3, 0.4) is 0 Å². The van der Waals surface area contributed by atoms with Gasteiger partial charge >= 0.3 is 0 Å². The lowest BCUT2D eigenvalue weighted by atomic mass is 9.94. The Kier molecular flexibility index (Phi) is 3.34. The Hall–Kier alpha value is -2.00. The van der Waals surface area contributed by atoms with Crippen molar-refractivity contribution in [3.63, 3.8) is 0 Å². The highest BCUT2D eigenvalue weighted by atomic mass is 35.5. The first-order valence-electron chi connectivity index (χ1n) is 8.03. The first-order chi connectivity index (χ1) is 11.0. The van der Waals surface area contributed by atoms with Gasteiger partial charge in [0, 0.05) is 28.3 Å². The first kappa shape index (κ1) is 14.6. The molecule has 0 saturated heterocycles. The van der Waals surface area contributed by atoms with Gasteiger partial charge in [0.05, 0.1) is 11.7 Å². The molecule has 1 heterocycles. The number of nitrogens with two attached hydrogens (primary N) is 1. The van der Waals surface area contributed by atoms with Crippen LogP contribution in [-0.2, 0) is 0 Å². The predicted molar refractivity (Wildman–Crippen MR) is 96.9 cm³/mol. The van der Waals surface area contributed by atoms with Crippen LogP contribution in [0.5, 0.6) is 0 Å². The quantitative estimate of drug-likeness (QED) is 0.804. The number of hydrazone groups is 1. The van der Waals surface area contributed by atoms with Gasteiger partial charge in [-0.25, -0.2) is 0 Å². The summed E-state index contributed by atoms with van der Waals surface area (Å²) in [5, 5.41) is 7.83. The highest BCUT2D eigenvalue weighted by molar-refractivity contribution is 6.30. The molecule has 2 N–H and O–H groups in total. The van der Waals surface area contributed by atoms with E-state index < -0.39 is 0 Å².